The van der Waals surface area contributed by atoms with E-state index < -0.39 is 17.7 Å². The number of aliphatic imine (C=N–C) groups is 1. The van der Waals surface area contributed by atoms with E-state index in [-0.39, 0.29) is 11.4 Å². The van der Waals surface area contributed by atoms with Crippen molar-refractivity contribution in [2.24, 2.45) is 4.99 Å². The average Bonchev–Trinajstić information content (AvgIpc) is 2.72. The molecule has 0 saturated carbocycles. The summed E-state index contributed by atoms with van der Waals surface area (Å²) in [5, 5.41) is 22.7. The highest BCUT2D eigenvalue weighted by Gasteiger charge is 2.33. The maximum absolute atomic E-state index is 11.6. The van der Waals surface area contributed by atoms with E-state index in [0.717, 1.165) is 4.90 Å². The Hall–Kier alpha value is -2.38. The monoisotopic (exact) mass is 310 g/mol. The zero-order valence-electron chi connectivity index (χ0n) is 13.7. The Kier molecular flexibility index (Phi) is 4.64. The van der Waals surface area contributed by atoms with Gasteiger partial charge >= 0.3 is 12.2 Å². The van der Waals surface area contributed by atoms with Crippen LogP contribution in [0.4, 0.5) is 9.59 Å². The van der Waals surface area contributed by atoms with Crippen molar-refractivity contribution < 1.29 is 19.8 Å². The van der Waals surface area contributed by atoms with Crippen LogP contribution in [-0.4, -0.2) is 48.6 Å². The third kappa shape index (κ3) is 4.06. The topological polar surface area (TPSA) is 108 Å². The van der Waals surface area contributed by atoms with Gasteiger partial charge in [-0.2, -0.15) is 5.10 Å². The largest absolute Gasteiger partial charge is 0.465 e. The van der Waals surface area contributed by atoms with Gasteiger partial charge in [-0.15, -0.1) is 4.99 Å². The molecule has 1 aromatic rings. The van der Waals surface area contributed by atoms with Gasteiger partial charge in [-0.1, -0.05) is 20.8 Å². The third-order valence-electron chi connectivity index (χ3n) is 2.82. The molecule has 122 valence electrons. The predicted molar refractivity (Wildman–Crippen MR) is 81.4 cm³/mol. The van der Waals surface area contributed by atoms with Crippen molar-refractivity contribution in [2.75, 3.05) is 0 Å². The second-order valence-corrected chi connectivity index (χ2v) is 6.88. The van der Waals surface area contributed by atoms with Crippen LogP contribution in [0.2, 0.25) is 0 Å². The zero-order valence-corrected chi connectivity index (χ0v) is 13.7. The average molecular weight is 310 g/mol. The first-order valence-electron chi connectivity index (χ1n) is 6.75. The quantitative estimate of drug-likeness (QED) is 0.566. The normalized spacial score (nSPS) is 13.1. The lowest BCUT2D eigenvalue weighted by atomic mass is 9.93. The van der Waals surface area contributed by atoms with Crippen LogP contribution in [0.3, 0.4) is 0 Å². The van der Waals surface area contributed by atoms with Gasteiger partial charge < -0.3 is 10.2 Å². The SMILES string of the molecule is CC(C)(C)c1ccn(C(=NC(=O)O)N(C(=O)O)C(C)(C)C)n1. The molecule has 0 unspecified atom stereocenters. The van der Waals surface area contributed by atoms with Gasteiger partial charge in [-0.05, 0) is 26.8 Å². The highest BCUT2D eigenvalue weighted by atomic mass is 16.4. The van der Waals surface area contributed by atoms with Crippen molar-refractivity contribution in [1.29, 1.82) is 0 Å². The predicted octanol–water partition coefficient (Wildman–Crippen LogP) is 2.84. The van der Waals surface area contributed by atoms with E-state index in [1.165, 1.54) is 10.9 Å². The van der Waals surface area contributed by atoms with E-state index in [9.17, 15) is 14.7 Å². The first-order valence-corrected chi connectivity index (χ1v) is 6.75. The summed E-state index contributed by atoms with van der Waals surface area (Å²) in [4.78, 5) is 26.8. The number of hydrogen-bond donors (Lipinski definition) is 2. The first kappa shape index (κ1) is 17.7. The molecule has 0 aliphatic rings. The van der Waals surface area contributed by atoms with Gasteiger partial charge in [0.05, 0.1) is 5.69 Å². The van der Waals surface area contributed by atoms with Gasteiger partial charge in [0.1, 0.15) is 0 Å². The fourth-order valence-electron chi connectivity index (χ4n) is 1.80. The molecule has 0 bridgehead atoms. The highest BCUT2D eigenvalue weighted by molar-refractivity contribution is 5.99. The van der Waals surface area contributed by atoms with Crippen LogP contribution in [0.25, 0.3) is 0 Å². The van der Waals surface area contributed by atoms with Crippen molar-refractivity contribution in [3.05, 3.63) is 18.0 Å². The van der Waals surface area contributed by atoms with Crippen LogP contribution in [0, 0.1) is 0 Å². The lowest BCUT2D eigenvalue weighted by Crippen LogP contribution is -2.51. The molecular formula is C14H22N4O4. The molecule has 8 heteroatoms. The van der Waals surface area contributed by atoms with E-state index in [1.54, 1.807) is 26.8 Å². The fraction of sp³-hybridized carbons (Fsp3) is 0.571. The number of aromatic nitrogens is 2. The summed E-state index contributed by atoms with van der Waals surface area (Å²) in [6.45, 7) is 10.8. The summed E-state index contributed by atoms with van der Waals surface area (Å²) in [5.41, 5.74) is -0.437. The zero-order chi connectivity index (χ0) is 17.3. The fourth-order valence-corrected chi connectivity index (χ4v) is 1.80. The lowest BCUT2D eigenvalue weighted by molar-refractivity contribution is 0.138. The van der Waals surface area contributed by atoms with Crippen LogP contribution >= 0.6 is 0 Å². The first-order chi connectivity index (χ1) is 9.84. The number of carboxylic acid groups (broad SMARTS) is 2. The molecular weight excluding hydrogens is 288 g/mol. The van der Waals surface area contributed by atoms with Crippen molar-refractivity contribution in [3.63, 3.8) is 0 Å². The van der Waals surface area contributed by atoms with Crippen molar-refractivity contribution in [1.82, 2.24) is 14.7 Å². The van der Waals surface area contributed by atoms with E-state index in [1.807, 2.05) is 20.8 Å². The van der Waals surface area contributed by atoms with Gasteiger partial charge in [-0.3, -0.25) is 0 Å². The lowest BCUT2D eigenvalue weighted by Gasteiger charge is -2.32. The minimum Gasteiger partial charge on any atom is -0.465 e. The van der Waals surface area contributed by atoms with Gasteiger partial charge in [0.25, 0.3) is 0 Å². The summed E-state index contributed by atoms with van der Waals surface area (Å²) >= 11 is 0. The molecule has 0 aromatic carbocycles. The van der Waals surface area contributed by atoms with Gasteiger partial charge in [0.15, 0.2) is 0 Å². The van der Waals surface area contributed by atoms with E-state index in [2.05, 4.69) is 10.1 Å². The smallest absolute Gasteiger partial charge is 0.434 e. The van der Waals surface area contributed by atoms with Crippen molar-refractivity contribution >= 4 is 18.1 Å². The van der Waals surface area contributed by atoms with Crippen molar-refractivity contribution in [2.45, 2.75) is 52.5 Å². The Balaban J connectivity index is 3.45. The van der Waals surface area contributed by atoms with Crippen LogP contribution < -0.4 is 0 Å². The summed E-state index contributed by atoms with van der Waals surface area (Å²) in [5.74, 6) is -0.275. The summed E-state index contributed by atoms with van der Waals surface area (Å²) in [6.07, 6.45) is -1.29. The summed E-state index contributed by atoms with van der Waals surface area (Å²) in [7, 11) is 0. The third-order valence-corrected chi connectivity index (χ3v) is 2.82. The molecule has 1 heterocycles. The second kappa shape index (κ2) is 5.78. The molecule has 0 atom stereocenters. The van der Waals surface area contributed by atoms with E-state index in [0.29, 0.717) is 5.69 Å². The van der Waals surface area contributed by atoms with Gasteiger partial charge in [-0.25, -0.2) is 19.2 Å². The second-order valence-electron chi connectivity index (χ2n) is 6.88. The molecule has 1 rings (SSSR count). The maximum Gasteiger partial charge on any atom is 0.434 e. The summed E-state index contributed by atoms with van der Waals surface area (Å²) in [6, 6.07) is 1.71. The minimum absolute atomic E-state index is 0.255. The molecule has 0 saturated heterocycles. The molecule has 0 aliphatic heterocycles. The Morgan fingerprint density at radius 2 is 1.73 bits per heavy atom. The Morgan fingerprint density at radius 1 is 1.18 bits per heavy atom. The van der Waals surface area contributed by atoms with E-state index in [4.69, 9.17) is 5.11 Å². The van der Waals surface area contributed by atoms with Crippen LogP contribution in [0.15, 0.2) is 17.3 Å². The number of rotatable bonds is 0. The van der Waals surface area contributed by atoms with Crippen LogP contribution in [0.5, 0.6) is 0 Å². The molecule has 0 spiro atoms. The molecule has 2 amide bonds. The number of amides is 2. The highest BCUT2D eigenvalue weighted by Crippen LogP contribution is 2.21. The molecule has 8 nitrogen and oxygen atoms in total. The number of nitrogens with zero attached hydrogens (tertiary/aromatic N) is 4. The Morgan fingerprint density at radius 3 is 2.05 bits per heavy atom. The van der Waals surface area contributed by atoms with Crippen molar-refractivity contribution in [3.8, 4) is 0 Å². The van der Waals surface area contributed by atoms with Gasteiger partial charge in [0.2, 0.25) is 5.96 Å². The molecule has 1 aromatic heterocycles. The van der Waals surface area contributed by atoms with Crippen LogP contribution in [-0.2, 0) is 5.41 Å². The Labute approximate surface area is 129 Å². The summed E-state index contributed by atoms with van der Waals surface area (Å²) < 4.78 is 1.17. The number of hydrogen-bond acceptors (Lipinski definition) is 3. The molecule has 0 fully saturated rings. The maximum atomic E-state index is 11.6. The molecule has 22 heavy (non-hydrogen) atoms. The minimum atomic E-state index is -1.49. The molecule has 0 aliphatic carbocycles. The number of carbonyl (C=O) groups is 2. The van der Waals surface area contributed by atoms with Gasteiger partial charge in [0, 0.05) is 17.2 Å². The standard InChI is InChI=1S/C14H22N4O4/c1-13(2,3)9-7-8-17(16-9)10(15-11(19)20)18(12(21)22)14(4,5)6/h7-8H,1-6H3,(H,19,20)(H,21,22). The molecule has 0 radical (unpaired) electrons. The van der Waals surface area contributed by atoms with E-state index >= 15 is 0 Å². The Bertz CT molecular complexity index is 605. The van der Waals surface area contributed by atoms with Crippen LogP contribution in [0.1, 0.15) is 47.2 Å². The molecule has 2 N–H and O–H groups in total.